The summed E-state index contributed by atoms with van der Waals surface area (Å²) in [6.45, 7) is 2.19. The highest BCUT2D eigenvalue weighted by molar-refractivity contribution is 5.90. The van der Waals surface area contributed by atoms with Gasteiger partial charge in [-0.1, -0.05) is 18.2 Å². The van der Waals surface area contributed by atoms with Gasteiger partial charge in [-0.25, -0.2) is 4.79 Å². The van der Waals surface area contributed by atoms with E-state index < -0.39 is 5.97 Å². The summed E-state index contributed by atoms with van der Waals surface area (Å²) in [5.41, 5.74) is 2.04. The molecule has 0 saturated carbocycles. The molecule has 0 aliphatic heterocycles. The first-order chi connectivity index (χ1) is 9.60. The van der Waals surface area contributed by atoms with Crippen LogP contribution in [0.1, 0.15) is 21.5 Å². The van der Waals surface area contributed by atoms with E-state index in [1.54, 1.807) is 25.3 Å². The van der Waals surface area contributed by atoms with Crippen LogP contribution >= 0.6 is 0 Å². The van der Waals surface area contributed by atoms with Crippen LogP contribution in [0.3, 0.4) is 0 Å². The maximum absolute atomic E-state index is 11.1. The highest BCUT2D eigenvalue weighted by Gasteiger charge is 2.11. The molecule has 0 fully saturated rings. The first-order valence-corrected chi connectivity index (χ1v) is 6.20. The number of carbonyl (C=O) groups is 1. The first-order valence-electron chi connectivity index (χ1n) is 6.20. The minimum atomic E-state index is -0.995. The molecule has 4 nitrogen and oxygen atoms in total. The van der Waals surface area contributed by atoms with Crippen molar-refractivity contribution in [3.8, 4) is 11.5 Å². The van der Waals surface area contributed by atoms with Crippen LogP contribution in [0.2, 0.25) is 0 Å². The van der Waals surface area contributed by atoms with Crippen molar-refractivity contribution < 1.29 is 19.4 Å². The zero-order chi connectivity index (χ0) is 14.5. The molecule has 1 N–H and O–H groups in total. The van der Waals surface area contributed by atoms with Crippen molar-refractivity contribution >= 4 is 5.97 Å². The van der Waals surface area contributed by atoms with Crippen LogP contribution in [0.15, 0.2) is 42.5 Å². The van der Waals surface area contributed by atoms with Crippen LogP contribution in [-0.2, 0) is 6.61 Å². The number of carboxylic acids is 1. The van der Waals surface area contributed by atoms with E-state index in [1.807, 2.05) is 31.2 Å². The Morgan fingerprint density at radius 1 is 1.20 bits per heavy atom. The predicted octanol–water partition coefficient (Wildman–Crippen LogP) is 3.28. The molecule has 0 amide bonds. The standard InChI is InChI=1S/C16H16O4/c1-11-6-7-14(16(17)18)15(8-11)20-10-12-4-3-5-13(9-12)19-2/h3-9H,10H2,1-2H3,(H,17,18). The third-order valence-corrected chi connectivity index (χ3v) is 2.90. The molecule has 0 aromatic heterocycles. The summed E-state index contributed by atoms with van der Waals surface area (Å²) >= 11 is 0. The fraction of sp³-hybridized carbons (Fsp3) is 0.188. The zero-order valence-corrected chi connectivity index (χ0v) is 11.4. The molecule has 2 aromatic carbocycles. The molecule has 20 heavy (non-hydrogen) atoms. The van der Waals surface area contributed by atoms with Gasteiger partial charge in [-0.2, -0.15) is 0 Å². The van der Waals surface area contributed by atoms with Crippen molar-refractivity contribution in [1.82, 2.24) is 0 Å². The smallest absolute Gasteiger partial charge is 0.339 e. The van der Waals surface area contributed by atoms with E-state index in [1.165, 1.54) is 0 Å². The van der Waals surface area contributed by atoms with E-state index in [4.69, 9.17) is 14.6 Å². The summed E-state index contributed by atoms with van der Waals surface area (Å²) in [6.07, 6.45) is 0. The Kier molecular flexibility index (Phi) is 4.25. The third kappa shape index (κ3) is 3.29. The van der Waals surface area contributed by atoms with E-state index in [9.17, 15) is 4.79 Å². The maximum Gasteiger partial charge on any atom is 0.339 e. The molecule has 2 rings (SSSR count). The Hall–Kier alpha value is -2.49. The lowest BCUT2D eigenvalue weighted by molar-refractivity contribution is 0.0691. The fourth-order valence-corrected chi connectivity index (χ4v) is 1.85. The first kappa shape index (κ1) is 13.9. The van der Waals surface area contributed by atoms with Gasteiger partial charge >= 0.3 is 5.97 Å². The molecule has 0 aliphatic carbocycles. The van der Waals surface area contributed by atoms with Crippen molar-refractivity contribution in [1.29, 1.82) is 0 Å². The van der Waals surface area contributed by atoms with Gasteiger partial charge in [0.15, 0.2) is 0 Å². The monoisotopic (exact) mass is 272 g/mol. The lowest BCUT2D eigenvalue weighted by Gasteiger charge is -2.10. The van der Waals surface area contributed by atoms with Crippen molar-refractivity contribution in [2.45, 2.75) is 13.5 Å². The lowest BCUT2D eigenvalue weighted by Crippen LogP contribution is -2.04. The number of carboxylic acid groups (broad SMARTS) is 1. The molecule has 0 radical (unpaired) electrons. The van der Waals surface area contributed by atoms with E-state index in [-0.39, 0.29) is 5.56 Å². The van der Waals surface area contributed by atoms with Gasteiger partial charge in [0.1, 0.15) is 23.7 Å². The van der Waals surface area contributed by atoms with Gasteiger partial charge in [0, 0.05) is 0 Å². The SMILES string of the molecule is COc1cccc(COc2cc(C)ccc2C(=O)O)c1. The van der Waals surface area contributed by atoms with Crippen LogP contribution in [0.25, 0.3) is 0 Å². The summed E-state index contributed by atoms with van der Waals surface area (Å²) in [6, 6.07) is 12.5. The van der Waals surface area contributed by atoms with Gasteiger partial charge in [-0.05, 0) is 42.3 Å². The minimum Gasteiger partial charge on any atom is -0.497 e. The van der Waals surface area contributed by atoms with Gasteiger partial charge in [0.25, 0.3) is 0 Å². The summed E-state index contributed by atoms with van der Waals surface area (Å²) in [4.78, 5) is 11.1. The molecule has 0 atom stereocenters. The number of benzene rings is 2. The van der Waals surface area contributed by atoms with Gasteiger partial charge in [0.05, 0.1) is 7.11 Å². The number of hydrogen-bond donors (Lipinski definition) is 1. The van der Waals surface area contributed by atoms with Gasteiger partial charge < -0.3 is 14.6 Å². The largest absolute Gasteiger partial charge is 0.497 e. The normalized spacial score (nSPS) is 10.1. The van der Waals surface area contributed by atoms with Crippen LogP contribution in [-0.4, -0.2) is 18.2 Å². The predicted molar refractivity (Wildman–Crippen MR) is 75.5 cm³/mol. The second-order valence-electron chi connectivity index (χ2n) is 4.44. The average molecular weight is 272 g/mol. The number of aryl methyl sites for hydroxylation is 1. The molecule has 0 heterocycles. The summed E-state index contributed by atoms with van der Waals surface area (Å²) in [7, 11) is 1.60. The number of hydrogen-bond acceptors (Lipinski definition) is 3. The molecule has 0 saturated heterocycles. The summed E-state index contributed by atoms with van der Waals surface area (Å²) in [5.74, 6) is 0.125. The molecular weight excluding hydrogens is 256 g/mol. The lowest BCUT2D eigenvalue weighted by atomic mass is 10.1. The van der Waals surface area contributed by atoms with Crippen molar-refractivity contribution in [3.63, 3.8) is 0 Å². The number of methoxy groups -OCH3 is 1. The Balaban J connectivity index is 2.17. The van der Waals surface area contributed by atoms with Crippen LogP contribution < -0.4 is 9.47 Å². The van der Waals surface area contributed by atoms with Crippen LogP contribution in [0.4, 0.5) is 0 Å². The summed E-state index contributed by atoms with van der Waals surface area (Å²) < 4.78 is 10.8. The molecular formula is C16H16O4. The van der Waals surface area contributed by atoms with E-state index in [0.29, 0.717) is 12.4 Å². The highest BCUT2D eigenvalue weighted by atomic mass is 16.5. The average Bonchev–Trinajstić information content (AvgIpc) is 2.45. The van der Waals surface area contributed by atoms with Crippen LogP contribution in [0, 0.1) is 6.92 Å². The Morgan fingerprint density at radius 3 is 2.70 bits per heavy atom. The number of ether oxygens (including phenoxy) is 2. The molecule has 4 heteroatoms. The van der Waals surface area contributed by atoms with Crippen molar-refractivity contribution in [2.24, 2.45) is 0 Å². The minimum absolute atomic E-state index is 0.165. The zero-order valence-electron chi connectivity index (χ0n) is 11.4. The highest BCUT2D eigenvalue weighted by Crippen LogP contribution is 2.22. The maximum atomic E-state index is 11.1. The third-order valence-electron chi connectivity index (χ3n) is 2.90. The van der Waals surface area contributed by atoms with Crippen molar-refractivity contribution in [2.75, 3.05) is 7.11 Å². The number of rotatable bonds is 5. The topological polar surface area (TPSA) is 55.8 Å². The van der Waals surface area contributed by atoms with Crippen molar-refractivity contribution in [3.05, 3.63) is 59.2 Å². The Labute approximate surface area is 117 Å². The molecule has 0 aliphatic rings. The van der Waals surface area contributed by atoms with Gasteiger partial charge in [-0.15, -0.1) is 0 Å². The Morgan fingerprint density at radius 2 is 2.00 bits per heavy atom. The van der Waals surface area contributed by atoms with Crippen LogP contribution in [0.5, 0.6) is 11.5 Å². The van der Waals surface area contributed by atoms with E-state index >= 15 is 0 Å². The van der Waals surface area contributed by atoms with E-state index in [2.05, 4.69) is 0 Å². The van der Waals surface area contributed by atoms with Gasteiger partial charge in [-0.3, -0.25) is 0 Å². The molecule has 2 aromatic rings. The molecule has 0 unspecified atom stereocenters. The fourth-order valence-electron chi connectivity index (χ4n) is 1.85. The van der Waals surface area contributed by atoms with E-state index in [0.717, 1.165) is 16.9 Å². The molecule has 0 spiro atoms. The Bertz CT molecular complexity index is 620. The summed E-state index contributed by atoms with van der Waals surface area (Å²) in [5, 5.41) is 9.14. The molecule has 0 bridgehead atoms. The second kappa shape index (κ2) is 6.10. The second-order valence-corrected chi connectivity index (χ2v) is 4.44. The number of aromatic carboxylic acids is 1. The van der Waals surface area contributed by atoms with Gasteiger partial charge in [0.2, 0.25) is 0 Å². The molecule has 104 valence electrons. The quantitative estimate of drug-likeness (QED) is 0.907.